The number of ether oxygens (including phenoxy) is 1. The van der Waals surface area contributed by atoms with Crippen molar-refractivity contribution in [3.05, 3.63) is 107 Å². The molecule has 0 aliphatic carbocycles. The molecule has 0 saturated carbocycles. The molecule has 0 amide bonds. The predicted molar refractivity (Wildman–Crippen MR) is 127 cm³/mol. The highest BCUT2D eigenvalue weighted by molar-refractivity contribution is 7.73. The van der Waals surface area contributed by atoms with E-state index >= 15 is 0 Å². The Balaban J connectivity index is 0.00000324. The molecule has 1 aliphatic heterocycles. The summed E-state index contributed by atoms with van der Waals surface area (Å²) in [7, 11) is -2.89. The highest BCUT2D eigenvalue weighted by atomic mass is 32.2. The fourth-order valence-electron chi connectivity index (χ4n) is 4.40. The van der Waals surface area contributed by atoms with Gasteiger partial charge in [0.2, 0.25) is 10.3 Å². The summed E-state index contributed by atoms with van der Waals surface area (Å²) in [4.78, 5) is 13.6. The maximum Gasteiger partial charge on any atom is 0.303 e. The summed E-state index contributed by atoms with van der Waals surface area (Å²) in [5, 5.41) is 0. The first-order valence-corrected chi connectivity index (χ1v) is 11.3. The van der Waals surface area contributed by atoms with Gasteiger partial charge in [-0.05, 0) is 23.3 Å². The molecule has 0 radical (unpaired) electrons. The number of carbonyl (C=O) groups excluding carboxylic acids is 1. The van der Waals surface area contributed by atoms with Gasteiger partial charge in [0.25, 0.3) is 0 Å². The Labute approximate surface area is 199 Å². The average molecular weight is 486 g/mol. The topological polar surface area (TPSA) is 63.7 Å². The Morgan fingerprint density at radius 3 is 1.79 bits per heavy atom. The largest absolute Gasteiger partial charge is 0.450 e. The standard InChI is InChI=1S/C25H21F2NO4S.CH4/c1-17(29)32-25(24(33(30)31)20-12-21(26)14-22(27)13-20)15-28(16-25)23(18-8-4-2-5-9-18)19-10-6-3-7-11-19;/h2-14,23H,15-16H2,1H3;1H4. The van der Waals surface area contributed by atoms with Crippen LogP contribution in [0.5, 0.6) is 0 Å². The van der Waals surface area contributed by atoms with Crippen LogP contribution in [0.3, 0.4) is 0 Å². The first-order chi connectivity index (χ1) is 15.8. The minimum absolute atomic E-state index is 0. The van der Waals surface area contributed by atoms with Crippen LogP contribution in [0.15, 0.2) is 78.9 Å². The number of benzene rings is 3. The summed E-state index contributed by atoms with van der Waals surface area (Å²) in [6.45, 7) is 1.23. The molecule has 0 atom stereocenters. The Morgan fingerprint density at radius 2 is 1.38 bits per heavy atom. The lowest BCUT2D eigenvalue weighted by Crippen LogP contribution is -2.68. The van der Waals surface area contributed by atoms with Crippen LogP contribution in [0.1, 0.15) is 37.1 Å². The number of halogens is 2. The predicted octanol–water partition coefficient (Wildman–Crippen LogP) is 4.41. The second kappa shape index (κ2) is 10.3. The van der Waals surface area contributed by atoms with Crippen LogP contribution in [-0.2, 0) is 19.8 Å². The molecule has 5 nitrogen and oxygen atoms in total. The third kappa shape index (κ3) is 5.08. The van der Waals surface area contributed by atoms with E-state index in [1.807, 2.05) is 65.6 Å². The maximum atomic E-state index is 13.9. The maximum absolute atomic E-state index is 13.9. The average Bonchev–Trinajstić information content (AvgIpc) is 2.73. The van der Waals surface area contributed by atoms with Crippen molar-refractivity contribution in [2.45, 2.75) is 26.0 Å². The van der Waals surface area contributed by atoms with Crippen molar-refractivity contribution < 1.29 is 26.7 Å². The fourth-order valence-corrected chi connectivity index (χ4v) is 5.19. The van der Waals surface area contributed by atoms with Crippen LogP contribution in [-0.4, -0.2) is 42.8 Å². The molecule has 3 aromatic rings. The van der Waals surface area contributed by atoms with Gasteiger partial charge in [-0.3, -0.25) is 9.69 Å². The molecule has 34 heavy (non-hydrogen) atoms. The number of rotatable bonds is 6. The van der Waals surface area contributed by atoms with E-state index in [9.17, 15) is 22.0 Å². The molecule has 0 unspecified atom stereocenters. The number of carbonyl (C=O) groups is 1. The van der Waals surface area contributed by atoms with E-state index in [-0.39, 0.29) is 37.0 Å². The number of hydrogen-bond acceptors (Lipinski definition) is 5. The summed E-state index contributed by atoms with van der Waals surface area (Å²) >= 11 is 0. The summed E-state index contributed by atoms with van der Waals surface area (Å²) in [6.07, 6.45) is 0. The van der Waals surface area contributed by atoms with Crippen LogP contribution < -0.4 is 0 Å². The van der Waals surface area contributed by atoms with Crippen LogP contribution in [0.2, 0.25) is 0 Å². The minimum Gasteiger partial charge on any atom is -0.450 e. The zero-order valence-electron chi connectivity index (χ0n) is 17.7. The SMILES string of the molecule is C.CC(=O)OC1(C(c2cc(F)cc(F)c2)=S(=O)=O)CN(C(c2ccccc2)c2ccccc2)C1. The zero-order valence-corrected chi connectivity index (χ0v) is 18.6. The van der Waals surface area contributed by atoms with Crippen molar-refractivity contribution >= 4 is 21.1 Å². The van der Waals surface area contributed by atoms with Gasteiger partial charge >= 0.3 is 5.97 Å². The van der Waals surface area contributed by atoms with Gasteiger partial charge in [0.1, 0.15) is 16.5 Å². The summed E-state index contributed by atoms with van der Waals surface area (Å²) in [6, 6.07) is 21.5. The molecule has 0 spiro atoms. The monoisotopic (exact) mass is 485 g/mol. The van der Waals surface area contributed by atoms with Crippen molar-refractivity contribution in [3.63, 3.8) is 0 Å². The Morgan fingerprint density at radius 1 is 0.912 bits per heavy atom. The van der Waals surface area contributed by atoms with E-state index < -0.39 is 33.5 Å². The molecular weight excluding hydrogens is 460 g/mol. The van der Waals surface area contributed by atoms with Gasteiger partial charge < -0.3 is 4.74 Å². The second-order valence-corrected chi connectivity index (χ2v) is 8.82. The van der Waals surface area contributed by atoms with Gasteiger partial charge in [0.05, 0.1) is 6.04 Å². The van der Waals surface area contributed by atoms with Gasteiger partial charge in [-0.25, -0.2) is 8.78 Å². The van der Waals surface area contributed by atoms with Gasteiger partial charge in [0, 0.05) is 31.6 Å². The first-order valence-electron chi connectivity index (χ1n) is 10.3. The normalized spacial score (nSPS) is 14.6. The molecule has 1 aliphatic rings. The molecule has 0 bridgehead atoms. The fraction of sp³-hybridized carbons (Fsp3) is 0.231. The lowest BCUT2D eigenvalue weighted by Gasteiger charge is -2.52. The van der Waals surface area contributed by atoms with Crippen LogP contribution in [0, 0.1) is 11.6 Å². The number of likely N-dealkylation sites (tertiary alicyclic amines) is 1. The minimum atomic E-state index is -2.89. The lowest BCUT2D eigenvalue weighted by molar-refractivity contribution is -0.165. The molecule has 3 aromatic carbocycles. The van der Waals surface area contributed by atoms with Gasteiger partial charge in [0.15, 0.2) is 5.60 Å². The second-order valence-electron chi connectivity index (χ2n) is 7.94. The van der Waals surface area contributed by atoms with Crippen molar-refractivity contribution in [1.29, 1.82) is 0 Å². The zero-order chi connectivity index (χ0) is 23.6. The number of hydrogen-bond donors (Lipinski definition) is 0. The quantitative estimate of drug-likeness (QED) is 0.294. The first kappa shape index (κ1) is 25.3. The van der Waals surface area contributed by atoms with Crippen molar-refractivity contribution in [2.24, 2.45) is 0 Å². The number of nitrogens with zero attached hydrogens (tertiary/aromatic N) is 1. The molecular formula is C26H25F2NO4S. The molecule has 1 saturated heterocycles. The van der Waals surface area contributed by atoms with E-state index in [0.29, 0.717) is 6.07 Å². The molecule has 178 valence electrons. The van der Waals surface area contributed by atoms with Crippen LogP contribution in [0.4, 0.5) is 8.78 Å². The molecule has 1 heterocycles. The Hall–Kier alpha value is -3.36. The van der Waals surface area contributed by atoms with E-state index in [2.05, 4.69) is 0 Å². The van der Waals surface area contributed by atoms with E-state index in [0.717, 1.165) is 23.3 Å². The van der Waals surface area contributed by atoms with E-state index in [1.165, 1.54) is 6.92 Å². The third-order valence-corrected chi connectivity index (χ3v) is 6.50. The molecule has 8 heteroatoms. The Kier molecular flexibility index (Phi) is 7.64. The Bertz CT molecular complexity index is 1240. The lowest BCUT2D eigenvalue weighted by atomic mass is 9.82. The summed E-state index contributed by atoms with van der Waals surface area (Å²) < 4.78 is 57.9. The van der Waals surface area contributed by atoms with Crippen molar-refractivity contribution in [2.75, 3.05) is 13.1 Å². The highest BCUT2D eigenvalue weighted by Gasteiger charge is 2.54. The van der Waals surface area contributed by atoms with Gasteiger partial charge in [-0.15, -0.1) is 0 Å². The molecule has 0 N–H and O–H groups in total. The van der Waals surface area contributed by atoms with Crippen LogP contribution >= 0.6 is 0 Å². The van der Waals surface area contributed by atoms with E-state index in [1.54, 1.807) is 0 Å². The van der Waals surface area contributed by atoms with Crippen molar-refractivity contribution in [1.82, 2.24) is 4.90 Å². The van der Waals surface area contributed by atoms with Crippen LogP contribution in [0.25, 0.3) is 0 Å². The highest BCUT2D eigenvalue weighted by Crippen LogP contribution is 2.39. The smallest absolute Gasteiger partial charge is 0.303 e. The molecule has 0 aromatic heterocycles. The van der Waals surface area contributed by atoms with Gasteiger partial charge in [-0.1, -0.05) is 68.1 Å². The van der Waals surface area contributed by atoms with Gasteiger partial charge in [-0.2, -0.15) is 8.42 Å². The summed E-state index contributed by atoms with van der Waals surface area (Å²) in [5.74, 6) is -2.53. The van der Waals surface area contributed by atoms with E-state index in [4.69, 9.17) is 4.74 Å². The van der Waals surface area contributed by atoms with Crippen molar-refractivity contribution in [3.8, 4) is 0 Å². The molecule has 4 rings (SSSR count). The summed E-state index contributed by atoms with van der Waals surface area (Å²) in [5.41, 5.74) is 0.196. The third-order valence-electron chi connectivity index (χ3n) is 5.56. The molecule has 1 fully saturated rings. The number of esters is 1.